The molecule has 27 heavy (non-hydrogen) atoms. The molecule has 13 heteroatoms. The molecule has 0 spiro atoms. The van der Waals surface area contributed by atoms with Crippen LogP contribution in [0.25, 0.3) is 10.9 Å². The van der Waals surface area contributed by atoms with Gasteiger partial charge in [0, 0.05) is 0 Å². The Labute approximate surface area is 161 Å². The van der Waals surface area contributed by atoms with Crippen LogP contribution >= 0.6 is 27.5 Å². The number of amides is 1. The van der Waals surface area contributed by atoms with Gasteiger partial charge in [0.1, 0.15) is 5.52 Å². The van der Waals surface area contributed by atoms with Crippen LogP contribution in [0.15, 0.2) is 10.5 Å². The topological polar surface area (TPSA) is 75.5 Å². The van der Waals surface area contributed by atoms with E-state index < -0.39 is 69.0 Å². The Morgan fingerprint density at radius 1 is 1.37 bits per heavy atom. The molecule has 1 aromatic carbocycles. The van der Waals surface area contributed by atoms with Crippen molar-refractivity contribution in [3.8, 4) is 5.88 Å². The van der Waals surface area contributed by atoms with Crippen molar-refractivity contribution in [3.05, 3.63) is 27.2 Å². The Morgan fingerprint density at radius 2 is 2.04 bits per heavy atom. The van der Waals surface area contributed by atoms with Gasteiger partial charge in [0.25, 0.3) is 0 Å². The van der Waals surface area contributed by atoms with Gasteiger partial charge < -0.3 is 14.7 Å². The first-order chi connectivity index (χ1) is 12.5. The largest absolute Gasteiger partial charge is 0.469 e. The third-order valence-corrected chi connectivity index (χ3v) is 4.79. The van der Waals surface area contributed by atoms with Gasteiger partial charge in [0.15, 0.2) is 18.1 Å². The summed E-state index contributed by atoms with van der Waals surface area (Å²) in [6.45, 7) is -0.866. The number of ether oxygens (including phenoxy) is 1. The molecule has 1 aliphatic heterocycles. The first-order valence-electron chi connectivity index (χ1n) is 7.20. The molecular formula is C14H8BrClF5N3O3. The zero-order valence-corrected chi connectivity index (χ0v) is 15.2. The van der Waals surface area contributed by atoms with E-state index in [1.807, 2.05) is 0 Å². The molecule has 0 radical (unpaired) electrons. The molecule has 1 N–H and O–H groups in total. The molecular weight excluding hydrogens is 469 g/mol. The summed E-state index contributed by atoms with van der Waals surface area (Å²) in [4.78, 5) is 18.8. The minimum Gasteiger partial charge on any atom is -0.469 e. The summed E-state index contributed by atoms with van der Waals surface area (Å²) in [6, 6.07) is 0.547. The van der Waals surface area contributed by atoms with E-state index >= 15 is 0 Å². The van der Waals surface area contributed by atoms with E-state index in [0.717, 1.165) is 4.90 Å². The monoisotopic (exact) mass is 475 g/mol. The number of fused-ring (bicyclic) bond motifs is 1. The Hall–Kier alpha value is -1.95. The molecule has 1 aliphatic rings. The molecule has 1 fully saturated rings. The van der Waals surface area contributed by atoms with Gasteiger partial charge in [-0.2, -0.15) is 18.2 Å². The second-order valence-corrected chi connectivity index (χ2v) is 6.73. The maximum Gasteiger partial charge on any atom is 0.417 e. The summed E-state index contributed by atoms with van der Waals surface area (Å²) < 4.78 is 72.2. The second-order valence-electron chi connectivity index (χ2n) is 5.60. The maximum atomic E-state index is 14.4. The lowest BCUT2D eigenvalue weighted by molar-refractivity contribution is -0.138. The number of carbonyl (C=O) groups is 1. The van der Waals surface area contributed by atoms with Gasteiger partial charge in [-0.15, -0.1) is 0 Å². The molecule has 0 bridgehead atoms. The summed E-state index contributed by atoms with van der Waals surface area (Å²) in [6.07, 6.45) is -9.40. The summed E-state index contributed by atoms with van der Waals surface area (Å²) in [5.41, 5.74) is -1.91. The van der Waals surface area contributed by atoms with E-state index in [1.54, 1.807) is 0 Å². The van der Waals surface area contributed by atoms with Crippen LogP contribution in [0.4, 0.5) is 26.7 Å². The van der Waals surface area contributed by atoms with Crippen LogP contribution in [0.5, 0.6) is 5.88 Å². The Morgan fingerprint density at radius 3 is 2.59 bits per heavy atom. The number of rotatable bonds is 2. The average molecular weight is 477 g/mol. The predicted molar refractivity (Wildman–Crippen MR) is 86.1 cm³/mol. The molecule has 3 rings (SSSR count). The number of aromatic nitrogens is 2. The van der Waals surface area contributed by atoms with Gasteiger partial charge in [0.2, 0.25) is 11.2 Å². The highest BCUT2D eigenvalue weighted by Crippen LogP contribution is 2.41. The highest BCUT2D eigenvalue weighted by Gasteiger charge is 2.39. The molecule has 0 saturated carbocycles. The van der Waals surface area contributed by atoms with Crippen molar-refractivity contribution in [2.75, 3.05) is 13.1 Å². The number of hydrogen-bond acceptors (Lipinski definition) is 4. The van der Waals surface area contributed by atoms with Crippen molar-refractivity contribution in [1.29, 1.82) is 0 Å². The minimum atomic E-state index is -4.90. The maximum absolute atomic E-state index is 14.4. The molecule has 2 heterocycles. The highest BCUT2D eigenvalue weighted by atomic mass is 79.9. The van der Waals surface area contributed by atoms with Gasteiger partial charge in [-0.3, -0.25) is 0 Å². The molecule has 6 nitrogen and oxygen atoms in total. The number of alkyl halides is 4. The first-order valence-corrected chi connectivity index (χ1v) is 8.37. The average Bonchev–Trinajstić information content (AvgIpc) is 2.91. The van der Waals surface area contributed by atoms with Gasteiger partial charge >= 0.3 is 12.3 Å². The standard InChI is InChI=1S/C14H8BrClF5N3O3/c15-8-5(14(19,20)21)1-4-10(9(8)18)22-12(16)23-11(4)27-7-3-24(13(25)26)2-6(7)17/h1,6-7H,2-3H2,(H,25,26)/t6-,7+/m1/s1. The summed E-state index contributed by atoms with van der Waals surface area (Å²) in [5.74, 6) is -1.92. The summed E-state index contributed by atoms with van der Waals surface area (Å²) in [5, 5.41) is 7.89. The Bertz CT molecular complexity index is 929. The van der Waals surface area contributed by atoms with Crippen LogP contribution in [0, 0.1) is 5.82 Å². The van der Waals surface area contributed by atoms with E-state index in [-0.39, 0.29) is 6.54 Å². The molecule has 0 unspecified atom stereocenters. The third-order valence-electron chi connectivity index (χ3n) is 3.85. The highest BCUT2D eigenvalue weighted by molar-refractivity contribution is 9.10. The van der Waals surface area contributed by atoms with E-state index in [0.29, 0.717) is 6.07 Å². The number of hydrogen-bond donors (Lipinski definition) is 1. The predicted octanol–water partition coefficient (Wildman–Crippen LogP) is 4.28. The number of carboxylic acid groups (broad SMARTS) is 1. The van der Waals surface area contributed by atoms with Gasteiger partial charge in [-0.25, -0.2) is 18.6 Å². The summed E-state index contributed by atoms with van der Waals surface area (Å²) >= 11 is 8.21. The lowest BCUT2D eigenvalue weighted by atomic mass is 10.1. The smallest absolute Gasteiger partial charge is 0.417 e. The first kappa shape index (κ1) is 19.8. The number of benzene rings is 1. The molecule has 1 aromatic heterocycles. The van der Waals surface area contributed by atoms with Gasteiger partial charge in [-0.1, -0.05) is 0 Å². The quantitative estimate of drug-likeness (QED) is 0.517. The second kappa shape index (κ2) is 6.89. The molecule has 1 saturated heterocycles. The zero-order valence-electron chi connectivity index (χ0n) is 12.9. The number of halogens is 7. The number of likely N-dealkylation sites (tertiary alicyclic amines) is 1. The normalized spacial score (nSPS) is 20.3. The SMILES string of the molecule is O=C(O)N1C[C@@H](F)[C@@H](Oc2nc(Cl)nc3c(F)c(Br)c(C(F)(F)F)cc23)C1. The fourth-order valence-corrected chi connectivity index (χ4v) is 3.28. The van der Waals surface area contributed by atoms with Crippen molar-refractivity contribution in [2.24, 2.45) is 0 Å². The van der Waals surface area contributed by atoms with E-state index in [2.05, 4.69) is 25.9 Å². The van der Waals surface area contributed by atoms with Gasteiger partial charge in [-0.05, 0) is 33.6 Å². The van der Waals surface area contributed by atoms with Crippen LogP contribution in [0.2, 0.25) is 5.28 Å². The van der Waals surface area contributed by atoms with Crippen molar-refractivity contribution in [2.45, 2.75) is 18.5 Å². The molecule has 2 aromatic rings. The molecule has 2 atom stereocenters. The van der Waals surface area contributed by atoms with Crippen molar-refractivity contribution in [3.63, 3.8) is 0 Å². The van der Waals surface area contributed by atoms with Crippen LogP contribution < -0.4 is 4.74 Å². The van der Waals surface area contributed by atoms with Crippen LogP contribution in [0.1, 0.15) is 5.56 Å². The van der Waals surface area contributed by atoms with Crippen LogP contribution in [-0.4, -0.2) is 51.4 Å². The molecule has 146 valence electrons. The van der Waals surface area contributed by atoms with E-state index in [4.69, 9.17) is 21.4 Å². The van der Waals surface area contributed by atoms with E-state index in [9.17, 15) is 26.7 Å². The molecule has 0 aliphatic carbocycles. The van der Waals surface area contributed by atoms with Gasteiger partial charge in [0.05, 0.1) is 28.5 Å². The van der Waals surface area contributed by atoms with E-state index in [1.165, 1.54) is 0 Å². The van der Waals surface area contributed by atoms with Crippen molar-refractivity contribution >= 4 is 44.5 Å². The van der Waals surface area contributed by atoms with Crippen molar-refractivity contribution in [1.82, 2.24) is 14.9 Å². The minimum absolute atomic E-state index is 0.384. The van der Waals surface area contributed by atoms with Crippen molar-refractivity contribution < 1.29 is 36.6 Å². The fraction of sp³-hybridized carbons (Fsp3) is 0.357. The molecule has 1 amide bonds. The number of nitrogens with zero attached hydrogens (tertiary/aromatic N) is 3. The Kier molecular flexibility index (Phi) is 5.06. The fourth-order valence-electron chi connectivity index (χ4n) is 2.59. The third kappa shape index (κ3) is 3.72. The van der Waals surface area contributed by atoms with Crippen LogP contribution in [-0.2, 0) is 6.18 Å². The zero-order chi connectivity index (χ0) is 20.1. The Balaban J connectivity index is 2.10. The lowest BCUT2D eigenvalue weighted by Gasteiger charge is -2.17. The van der Waals surface area contributed by atoms with Crippen LogP contribution in [0.3, 0.4) is 0 Å². The lowest BCUT2D eigenvalue weighted by Crippen LogP contribution is -2.30. The summed E-state index contributed by atoms with van der Waals surface area (Å²) in [7, 11) is 0.